The van der Waals surface area contributed by atoms with Crippen LogP contribution in [0.4, 0.5) is 31.8 Å². The normalized spacial score (nSPS) is 10.5. The van der Waals surface area contributed by atoms with Crippen molar-refractivity contribution in [1.82, 2.24) is 9.97 Å². The predicted octanol–water partition coefficient (Wildman–Crippen LogP) is 5.20. The Morgan fingerprint density at radius 2 is 1.67 bits per heavy atom. The molecule has 0 spiro atoms. The highest BCUT2D eigenvalue weighted by Crippen LogP contribution is 2.23. The van der Waals surface area contributed by atoms with Crippen LogP contribution in [0.1, 0.15) is 5.82 Å². The number of benzene rings is 2. The molecule has 4 nitrogen and oxygen atoms in total. The van der Waals surface area contributed by atoms with Gasteiger partial charge in [-0.2, -0.15) is 0 Å². The van der Waals surface area contributed by atoms with Crippen LogP contribution in [0.15, 0.2) is 48.5 Å². The summed E-state index contributed by atoms with van der Waals surface area (Å²) >= 11 is 5.95. The molecule has 2 N–H and O–H groups in total. The Hall–Kier alpha value is -2.73. The van der Waals surface area contributed by atoms with Gasteiger partial charge in [0, 0.05) is 22.8 Å². The lowest BCUT2D eigenvalue weighted by molar-refractivity contribution is 0.586. The van der Waals surface area contributed by atoms with Crippen molar-refractivity contribution < 1.29 is 8.78 Å². The van der Waals surface area contributed by atoms with Crippen LogP contribution in [-0.2, 0) is 0 Å². The third kappa shape index (κ3) is 3.97. The average Bonchev–Trinajstić information content (AvgIpc) is 2.49. The second-order valence-electron chi connectivity index (χ2n) is 5.07. The van der Waals surface area contributed by atoms with Crippen LogP contribution in [0, 0.1) is 18.6 Å². The van der Waals surface area contributed by atoms with Gasteiger partial charge in [0.15, 0.2) is 0 Å². The third-order valence-electron chi connectivity index (χ3n) is 3.13. The van der Waals surface area contributed by atoms with Gasteiger partial charge >= 0.3 is 0 Å². The average molecular weight is 347 g/mol. The largest absolute Gasteiger partial charge is 0.340 e. The first-order chi connectivity index (χ1) is 11.5. The number of aryl methyl sites for hydroxylation is 1. The molecular formula is C17H13ClF2N4. The number of hydrogen-bond donors (Lipinski definition) is 2. The van der Waals surface area contributed by atoms with Crippen LogP contribution < -0.4 is 10.6 Å². The van der Waals surface area contributed by atoms with Crippen molar-refractivity contribution in [3.8, 4) is 0 Å². The minimum atomic E-state index is -0.699. The summed E-state index contributed by atoms with van der Waals surface area (Å²) in [6, 6.07) is 12.1. The van der Waals surface area contributed by atoms with Crippen molar-refractivity contribution in [2.45, 2.75) is 6.92 Å². The molecule has 0 unspecified atom stereocenters. The molecule has 2 aromatic carbocycles. The van der Waals surface area contributed by atoms with Crippen LogP contribution in [0.5, 0.6) is 0 Å². The molecule has 0 aliphatic rings. The monoisotopic (exact) mass is 346 g/mol. The molecule has 0 aliphatic carbocycles. The number of aromatic nitrogens is 2. The van der Waals surface area contributed by atoms with E-state index in [0.29, 0.717) is 22.5 Å². The summed E-state index contributed by atoms with van der Waals surface area (Å²) < 4.78 is 26.7. The zero-order chi connectivity index (χ0) is 17.1. The molecule has 122 valence electrons. The maximum atomic E-state index is 13.8. The third-order valence-corrected chi connectivity index (χ3v) is 3.36. The highest BCUT2D eigenvalue weighted by atomic mass is 35.5. The molecule has 0 aliphatic heterocycles. The molecule has 0 saturated carbocycles. The lowest BCUT2D eigenvalue weighted by Crippen LogP contribution is -2.02. The van der Waals surface area contributed by atoms with Gasteiger partial charge < -0.3 is 10.6 Å². The maximum absolute atomic E-state index is 13.8. The van der Waals surface area contributed by atoms with E-state index in [-0.39, 0.29) is 5.69 Å². The first-order valence-corrected chi connectivity index (χ1v) is 7.48. The topological polar surface area (TPSA) is 49.8 Å². The van der Waals surface area contributed by atoms with E-state index in [1.54, 1.807) is 25.1 Å². The van der Waals surface area contributed by atoms with Crippen LogP contribution in [0.25, 0.3) is 0 Å². The highest BCUT2D eigenvalue weighted by Gasteiger charge is 2.07. The van der Waals surface area contributed by atoms with E-state index in [1.807, 2.05) is 12.1 Å². The highest BCUT2D eigenvalue weighted by molar-refractivity contribution is 6.30. The number of halogens is 3. The zero-order valence-corrected chi connectivity index (χ0v) is 13.4. The van der Waals surface area contributed by atoms with Crippen molar-refractivity contribution in [1.29, 1.82) is 0 Å². The number of anilines is 4. The Morgan fingerprint density at radius 1 is 0.917 bits per heavy atom. The molecule has 3 rings (SSSR count). The van der Waals surface area contributed by atoms with Crippen molar-refractivity contribution >= 4 is 34.6 Å². The second-order valence-corrected chi connectivity index (χ2v) is 5.51. The van der Waals surface area contributed by atoms with E-state index < -0.39 is 11.6 Å². The Bertz CT molecular complexity index is 886. The van der Waals surface area contributed by atoms with E-state index >= 15 is 0 Å². The molecule has 0 fully saturated rings. The Kier molecular flexibility index (Phi) is 4.57. The fourth-order valence-electron chi connectivity index (χ4n) is 2.14. The minimum absolute atomic E-state index is 0.128. The van der Waals surface area contributed by atoms with Crippen LogP contribution in [-0.4, -0.2) is 9.97 Å². The number of nitrogens with zero attached hydrogens (tertiary/aromatic N) is 2. The van der Waals surface area contributed by atoms with E-state index in [9.17, 15) is 8.78 Å². The number of hydrogen-bond acceptors (Lipinski definition) is 4. The lowest BCUT2D eigenvalue weighted by atomic mass is 10.3. The molecule has 0 saturated heterocycles. The molecule has 1 heterocycles. The van der Waals surface area contributed by atoms with Crippen molar-refractivity contribution in [2.75, 3.05) is 10.6 Å². The summed E-state index contributed by atoms with van der Waals surface area (Å²) in [5.74, 6) is 0.0650. The van der Waals surface area contributed by atoms with Gasteiger partial charge in [0.2, 0.25) is 0 Å². The fraction of sp³-hybridized carbons (Fsp3) is 0.0588. The zero-order valence-electron chi connectivity index (χ0n) is 12.6. The molecule has 0 bridgehead atoms. The molecule has 1 aromatic heterocycles. The summed E-state index contributed by atoms with van der Waals surface area (Å²) in [6.45, 7) is 1.72. The second kappa shape index (κ2) is 6.80. The predicted molar refractivity (Wildman–Crippen MR) is 91.1 cm³/mol. The smallest absolute Gasteiger partial charge is 0.149 e. The first kappa shape index (κ1) is 16.1. The van der Waals surface area contributed by atoms with Gasteiger partial charge in [-0.1, -0.05) is 17.7 Å². The van der Waals surface area contributed by atoms with Crippen molar-refractivity contribution in [3.05, 3.63) is 71.0 Å². The molecule has 0 atom stereocenters. The molecule has 0 radical (unpaired) electrons. The van der Waals surface area contributed by atoms with Crippen molar-refractivity contribution in [2.24, 2.45) is 0 Å². The van der Waals surface area contributed by atoms with Crippen LogP contribution in [0.2, 0.25) is 5.02 Å². The molecule has 3 aromatic rings. The summed E-state index contributed by atoms with van der Waals surface area (Å²) in [5, 5.41) is 6.52. The number of rotatable bonds is 4. The maximum Gasteiger partial charge on any atom is 0.149 e. The quantitative estimate of drug-likeness (QED) is 0.681. The fourth-order valence-corrected chi connectivity index (χ4v) is 2.33. The van der Waals surface area contributed by atoms with E-state index in [1.165, 1.54) is 12.1 Å². The van der Waals surface area contributed by atoms with E-state index in [0.717, 1.165) is 11.8 Å². The summed E-state index contributed by atoms with van der Waals surface area (Å²) in [6.07, 6.45) is 0. The van der Waals surface area contributed by atoms with Crippen LogP contribution >= 0.6 is 11.6 Å². The molecular weight excluding hydrogens is 334 g/mol. The Labute approximate surface area is 142 Å². The Morgan fingerprint density at radius 3 is 2.38 bits per heavy atom. The number of nitrogens with one attached hydrogen (secondary N) is 2. The Balaban J connectivity index is 1.86. The van der Waals surface area contributed by atoms with Gasteiger partial charge in [0.1, 0.15) is 29.1 Å². The summed E-state index contributed by atoms with van der Waals surface area (Å²) in [5.41, 5.74) is 0.891. The van der Waals surface area contributed by atoms with Gasteiger partial charge in [0.25, 0.3) is 0 Å². The molecule has 0 amide bonds. The van der Waals surface area contributed by atoms with Crippen LogP contribution in [0.3, 0.4) is 0 Å². The first-order valence-electron chi connectivity index (χ1n) is 7.10. The van der Waals surface area contributed by atoms with E-state index in [2.05, 4.69) is 20.6 Å². The van der Waals surface area contributed by atoms with E-state index in [4.69, 9.17) is 11.6 Å². The minimum Gasteiger partial charge on any atom is -0.340 e. The molecule has 7 heteroatoms. The van der Waals surface area contributed by atoms with Gasteiger partial charge in [-0.25, -0.2) is 18.7 Å². The van der Waals surface area contributed by atoms with Gasteiger partial charge in [-0.3, -0.25) is 0 Å². The summed E-state index contributed by atoms with van der Waals surface area (Å²) in [4.78, 5) is 8.48. The van der Waals surface area contributed by atoms with Gasteiger partial charge in [-0.15, -0.1) is 0 Å². The van der Waals surface area contributed by atoms with Gasteiger partial charge in [-0.05, 0) is 37.3 Å². The SMILES string of the molecule is Cc1nc(Nc2cccc(Cl)c2)cc(Nc2ccc(F)cc2F)n1. The van der Waals surface area contributed by atoms with Crippen molar-refractivity contribution in [3.63, 3.8) is 0 Å². The summed E-state index contributed by atoms with van der Waals surface area (Å²) in [7, 11) is 0. The molecule has 24 heavy (non-hydrogen) atoms. The lowest BCUT2D eigenvalue weighted by Gasteiger charge is -2.11. The van der Waals surface area contributed by atoms with Gasteiger partial charge in [0.05, 0.1) is 5.69 Å². The standard InChI is InChI=1S/C17H13ClF2N4/c1-10-21-16(23-13-4-2-3-11(18)7-13)9-17(22-10)24-15-6-5-12(19)8-14(15)20/h2-9H,1H3,(H2,21,22,23,24).